The van der Waals surface area contributed by atoms with Gasteiger partial charge in [-0.25, -0.2) is 0 Å². The van der Waals surface area contributed by atoms with Gasteiger partial charge in [0, 0.05) is 30.7 Å². The summed E-state index contributed by atoms with van der Waals surface area (Å²) in [5.74, 6) is 0. The molecule has 1 atom stereocenters. The van der Waals surface area contributed by atoms with Gasteiger partial charge in [-0.1, -0.05) is 38.1 Å². The van der Waals surface area contributed by atoms with Gasteiger partial charge >= 0.3 is 0 Å². The van der Waals surface area contributed by atoms with Crippen LogP contribution in [0.15, 0.2) is 36.5 Å². The first-order valence-electron chi connectivity index (χ1n) is 7.43. The summed E-state index contributed by atoms with van der Waals surface area (Å²) in [6, 6.07) is 11.1. The first-order chi connectivity index (χ1) is 9.67. The van der Waals surface area contributed by atoms with Crippen molar-refractivity contribution in [2.75, 3.05) is 13.1 Å². The van der Waals surface area contributed by atoms with Crippen molar-refractivity contribution >= 4 is 10.9 Å². The highest BCUT2D eigenvalue weighted by atomic mass is 15.0. The van der Waals surface area contributed by atoms with Gasteiger partial charge in [0.05, 0.1) is 5.52 Å². The Labute approximate surface area is 120 Å². The van der Waals surface area contributed by atoms with E-state index in [2.05, 4.69) is 53.7 Å². The van der Waals surface area contributed by atoms with Crippen molar-refractivity contribution in [3.63, 3.8) is 0 Å². The lowest BCUT2D eigenvalue weighted by Gasteiger charge is -2.39. The zero-order valence-electron chi connectivity index (χ0n) is 12.3. The fourth-order valence-electron chi connectivity index (χ4n) is 3.09. The van der Waals surface area contributed by atoms with Gasteiger partial charge in [0.15, 0.2) is 0 Å². The van der Waals surface area contributed by atoms with Crippen LogP contribution in [0, 0.1) is 5.41 Å². The molecule has 0 aliphatic carbocycles. The van der Waals surface area contributed by atoms with Gasteiger partial charge in [-0.2, -0.15) is 0 Å². The fourth-order valence-corrected chi connectivity index (χ4v) is 3.09. The van der Waals surface area contributed by atoms with E-state index < -0.39 is 0 Å². The van der Waals surface area contributed by atoms with Crippen molar-refractivity contribution < 1.29 is 0 Å². The molecule has 1 unspecified atom stereocenters. The zero-order chi connectivity index (χ0) is 14.0. The molecule has 1 aromatic carbocycles. The predicted octanol–water partition coefficient (Wildman–Crippen LogP) is 2.71. The molecule has 0 radical (unpaired) electrons. The lowest BCUT2D eigenvalue weighted by atomic mass is 9.80. The molecule has 3 heteroatoms. The Morgan fingerprint density at radius 3 is 3.00 bits per heavy atom. The Hall–Kier alpha value is -1.45. The number of para-hydroxylation sites is 1. The molecule has 2 N–H and O–H groups in total. The number of aromatic nitrogens is 1. The summed E-state index contributed by atoms with van der Waals surface area (Å²) in [6.07, 6.45) is 3.06. The standard InChI is InChI=1S/C17H23N3/c1-17(2)12-18-10-8-15(17)20-11-14-6-3-5-13-7-4-9-19-16(13)14/h3-7,9,15,18,20H,8,10-12H2,1-2H3. The van der Waals surface area contributed by atoms with E-state index in [9.17, 15) is 0 Å². The number of rotatable bonds is 3. The molecule has 0 bridgehead atoms. The molecule has 2 heterocycles. The fraction of sp³-hybridized carbons (Fsp3) is 0.471. The van der Waals surface area contributed by atoms with E-state index in [0.717, 1.165) is 25.2 Å². The Balaban J connectivity index is 1.77. The highest BCUT2D eigenvalue weighted by Gasteiger charge is 2.31. The number of pyridine rings is 1. The van der Waals surface area contributed by atoms with Gasteiger partial charge in [0.25, 0.3) is 0 Å². The monoisotopic (exact) mass is 269 g/mol. The first kappa shape index (κ1) is 13.5. The van der Waals surface area contributed by atoms with Crippen LogP contribution < -0.4 is 10.6 Å². The third-order valence-electron chi connectivity index (χ3n) is 4.39. The van der Waals surface area contributed by atoms with Crippen LogP contribution in [-0.2, 0) is 6.54 Å². The number of nitrogens with zero attached hydrogens (tertiary/aromatic N) is 1. The summed E-state index contributed by atoms with van der Waals surface area (Å²) in [4.78, 5) is 4.53. The van der Waals surface area contributed by atoms with Crippen LogP contribution in [-0.4, -0.2) is 24.1 Å². The molecular weight excluding hydrogens is 246 g/mol. The second-order valence-corrected chi connectivity index (χ2v) is 6.38. The summed E-state index contributed by atoms with van der Waals surface area (Å²) >= 11 is 0. The van der Waals surface area contributed by atoms with E-state index in [1.165, 1.54) is 17.4 Å². The molecule has 3 nitrogen and oxygen atoms in total. The lowest BCUT2D eigenvalue weighted by molar-refractivity contribution is 0.184. The van der Waals surface area contributed by atoms with Gasteiger partial charge in [-0.05, 0) is 30.0 Å². The maximum absolute atomic E-state index is 4.53. The average molecular weight is 269 g/mol. The van der Waals surface area contributed by atoms with E-state index >= 15 is 0 Å². The second-order valence-electron chi connectivity index (χ2n) is 6.38. The van der Waals surface area contributed by atoms with E-state index in [-0.39, 0.29) is 0 Å². The highest BCUT2D eigenvalue weighted by Crippen LogP contribution is 2.25. The molecule has 20 heavy (non-hydrogen) atoms. The molecule has 1 fully saturated rings. The molecule has 0 amide bonds. The molecule has 1 aliphatic rings. The van der Waals surface area contributed by atoms with Crippen LogP contribution >= 0.6 is 0 Å². The number of nitrogens with one attached hydrogen (secondary N) is 2. The van der Waals surface area contributed by atoms with Gasteiger partial charge in [0.2, 0.25) is 0 Å². The smallest absolute Gasteiger partial charge is 0.0746 e. The topological polar surface area (TPSA) is 37.0 Å². The molecular formula is C17H23N3. The van der Waals surface area contributed by atoms with Crippen LogP contribution in [0.4, 0.5) is 0 Å². The average Bonchev–Trinajstić information content (AvgIpc) is 2.46. The van der Waals surface area contributed by atoms with Gasteiger partial charge in [-0.15, -0.1) is 0 Å². The second kappa shape index (κ2) is 5.51. The molecule has 1 saturated heterocycles. The highest BCUT2D eigenvalue weighted by molar-refractivity contribution is 5.81. The summed E-state index contributed by atoms with van der Waals surface area (Å²) in [6.45, 7) is 7.74. The van der Waals surface area contributed by atoms with Gasteiger partial charge in [0.1, 0.15) is 0 Å². The minimum atomic E-state index is 0.302. The molecule has 0 spiro atoms. The third kappa shape index (κ3) is 2.69. The maximum atomic E-state index is 4.53. The summed E-state index contributed by atoms with van der Waals surface area (Å²) in [7, 11) is 0. The molecule has 106 valence electrons. The van der Waals surface area contributed by atoms with Crippen LogP contribution in [0.5, 0.6) is 0 Å². The van der Waals surface area contributed by atoms with Crippen LogP contribution in [0.2, 0.25) is 0 Å². The van der Waals surface area contributed by atoms with E-state index in [1.54, 1.807) is 0 Å². The minimum absolute atomic E-state index is 0.302. The largest absolute Gasteiger partial charge is 0.316 e. The number of fused-ring (bicyclic) bond motifs is 1. The lowest BCUT2D eigenvalue weighted by Crippen LogP contribution is -2.52. The molecule has 1 aromatic heterocycles. The normalized spacial score (nSPS) is 22.0. The summed E-state index contributed by atoms with van der Waals surface area (Å²) < 4.78 is 0. The zero-order valence-corrected chi connectivity index (χ0v) is 12.3. The number of piperidine rings is 1. The van der Waals surface area contributed by atoms with Crippen molar-refractivity contribution in [2.45, 2.75) is 32.9 Å². The van der Waals surface area contributed by atoms with Gasteiger partial charge < -0.3 is 10.6 Å². The third-order valence-corrected chi connectivity index (χ3v) is 4.39. The summed E-state index contributed by atoms with van der Waals surface area (Å²) in [5, 5.41) is 8.44. The molecule has 2 aromatic rings. The maximum Gasteiger partial charge on any atom is 0.0746 e. The van der Waals surface area contributed by atoms with Crippen molar-refractivity contribution in [2.24, 2.45) is 5.41 Å². The van der Waals surface area contributed by atoms with Crippen LogP contribution in [0.25, 0.3) is 10.9 Å². The number of hydrogen-bond donors (Lipinski definition) is 2. The van der Waals surface area contributed by atoms with Crippen LogP contribution in [0.3, 0.4) is 0 Å². The van der Waals surface area contributed by atoms with Crippen molar-refractivity contribution in [3.05, 3.63) is 42.1 Å². The van der Waals surface area contributed by atoms with Gasteiger partial charge in [-0.3, -0.25) is 4.98 Å². The number of hydrogen-bond acceptors (Lipinski definition) is 3. The Morgan fingerprint density at radius 1 is 1.30 bits per heavy atom. The summed E-state index contributed by atoms with van der Waals surface area (Å²) in [5.41, 5.74) is 2.71. The molecule has 3 rings (SSSR count). The van der Waals surface area contributed by atoms with E-state index in [4.69, 9.17) is 0 Å². The first-order valence-corrected chi connectivity index (χ1v) is 7.43. The van der Waals surface area contributed by atoms with E-state index in [0.29, 0.717) is 11.5 Å². The van der Waals surface area contributed by atoms with Crippen molar-refractivity contribution in [1.82, 2.24) is 15.6 Å². The SMILES string of the molecule is CC1(C)CNCCC1NCc1cccc2cccnc12. The minimum Gasteiger partial charge on any atom is -0.316 e. The van der Waals surface area contributed by atoms with Crippen molar-refractivity contribution in [1.29, 1.82) is 0 Å². The van der Waals surface area contributed by atoms with E-state index in [1.807, 2.05) is 12.3 Å². The van der Waals surface area contributed by atoms with Crippen molar-refractivity contribution in [3.8, 4) is 0 Å². The van der Waals surface area contributed by atoms with Crippen LogP contribution in [0.1, 0.15) is 25.8 Å². The Kier molecular flexibility index (Phi) is 3.72. The Morgan fingerprint density at radius 2 is 2.15 bits per heavy atom. The number of benzene rings is 1. The predicted molar refractivity (Wildman–Crippen MR) is 83.6 cm³/mol. The Bertz CT molecular complexity index is 586. The quantitative estimate of drug-likeness (QED) is 0.899. The molecule has 1 aliphatic heterocycles. The molecule has 0 saturated carbocycles.